The standard InChI is InChI=1S/C11H17N3O/c1-14-7-6-12-10(14)8-11(15)13-9-4-2-3-5-9/h6-7,9H,2-5,8H2,1H3,(H,13,15). The number of nitrogens with zero attached hydrogens (tertiary/aromatic N) is 2. The van der Waals surface area contributed by atoms with Crippen LogP contribution in [0.15, 0.2) is 12.4 Å². The summed E-state index contributed by atoms with van der Waals surface area (Å²) < 4.78 is 1.88. The summed E-state index contributed by atoms with van der Waals surface area (Å²) in [5.41, 5.74) is 0. The number of amides is 1. The molecule has 1 N–H and O–H groups in total. The van der Waals surface area contributed by atoms with Crippen LogP contribution in [0.4, 0.5) is 0 Å². The second-order valence-corrected chi connectivity index (χ2v) is 4.18. The highest BCUT2D eigenvalue weighted by molar-refractivity contribution is 5.78. The van der Waals surface area contributed by atoms with Gasteiger partial charge in [-0.2, -0.15) is 0 Å². The van der Waals surface area contributed by atoms with Crippen molar-refractivity contribution in [2.45, 2.75) is 38.1 Å². The number of rotatable bonds is 3. The molecule has 1 aliphatic carbocycles. The summed E-state index contributed by atoms with van der Waals surface area (Å²) in [4.78, 5) is 15.8. The van der Waals surface area contributed by atoms with E-state index < -0.39 is 0 Å². The fourth-order valence-corrected chi connectivity index (χ4v) is 2.06. The average Bonchev–Trinajstić information content (AvgIpc) is 2.79. The number of aromatic nitrogens is 2. The molecule has 0 atom stereocenters. The van der Waals surface area contributed by atoms with Gasteiger partial charge in [-0.15, -0.1) is 0 Å². The fraction of sp³-hybridized carbons (Fsp3) is 0.636. The Labute approximate surface area is 89.7 Å². The molecule has 0 spiro atoms. The maximum absolute atomic E-state index is 11.7. The van der Waals surface area contributed by atoms with Gasteiger partial charge in [0.2, 0.25) is 5.91 Å². The van der Waals surface area contributed by atoms with E-state index in [0.717, 1.165) is 18.7 Å². The molecule has 0 radical (unpaired) electrons. The molecule has 4 nitrogen and oxygen atoms in total. The third-order valence-corrected chi connectivity index (χ3v) is 2.96. The van der Waals surface area contributed by atoms with Gasteiger partial charge in [0.05, 0.1) is 6.42 Å². The number of hydrogen-bond acceptors (Lipinski definition) is 2. The van der Waals surface area contributed by atoms with Crippen LogP contribution in [-0.2, 0) is 18.3 Å². The largest absolute Gasteiger partial charge is 0.353 e. The first-order valence-corrected chi connectivity index (χ1v) is 5.51. The molecule has 4 heteroatoms. The van der Waals surface area contributed by atoms with E-state index in [2.05, 4.69) is 10.3 Å². The Balaban J connectivity index is 1.84. The molecule has 1 saturated carbocycles. The van der Waals surface area contributed by atoms with Gasteiger partial charge < -0.3 is 9.88 Å². The van der Waals surface area contributed by atoms with Gasteiger partial charge in [0, 0.05) is 25.5 Å². The lowest BCUT2D eigenvalue weighted by Gasteiger charge is -2.11. The molecule has 0 saturated heterocycles. The summed E-state index contributed by atoms with van der Waals surface area (Å²) >= 11 is 0. The van der Waals surface area contributed by atoms with Gasteiger partial charge >= 0.3 is 0 Å². The van der Waals surface area contributed by atoms with Crippen LogP contribution >= 0.6 is 0 Å². The van der Waals surface area contributed by atoms with E-state index in [4.69, 9.17) is 0 Å². The van der Waals surface area contributed by atoms with Crippen LogP contribution in [-0.4, -0.2) is 21.5 Å². The SMILES string of the molecule is Cn1ccnc1CC(=O)NC1CCCC1. The second-order valence-electron chi connectivity index (χ2n) is 4.18. The van der Waals surface area contributed by atoms with Crippen molar-refractivity contribution in [3.05, 3.63) is 18.2 Å². The Morgan fingerprint density at radius 1 is 1.60 bits per heavy atom. The fourth-order valence-electron chi connectivity index (χ4n) is 2.06. The Bertz CT molecular complexity index is 339. The monoisotopic (exact) mass is 207 g/mol. The summed E-state index contributed by atoms with van der Waals surface area (Å²) in [5.74, 6) is 0.918. The molecule has 1 fully saturated rings. The van der Waals surface area contributed by atoms with Crippen molar-refractivity contribution in [3.8, 4) is 0 Å². The minimum atomic E-state index is 0.0937. The number of carbonyl (C=O) groups is 1. The van der Waals surface area contributed by atoms with Crippen LogP contribution in [0.1, 0.15) is 31.5 Å². The highest BCUT2D eigenvalue weighted by atomic mass is 16.1. The molecule has 1 aromatic heterocycles. The zero-order valence-electron chi connectivity index (χ0n) is 9.07. The molecular weight excluding hydrogens is 190 g/mol. The van der Waals surface area contributed by atoms with Crippen LogP contribution in [0.2, 0.25) is 0 Å². The van der Waals surface area contributed by atoms with Crippen LogP contribution in [0.3, 0.4) is 0 Å². The lowest BCUT2D eigenvalue weighted by atomic mass is 10.2. The van der Waals surface area contributed by atoms with E-state index in [-0.39, 0.29) is 5.91 Å². The normalized spacial score (nSPS) is 16.9. The Hall–Kier alpha value is -1.32. The van der Waals surface area contributed by atoms with E-state index in [1.807, 2.05) is 17.8 Å². The number of aryl methyl sites for hydroxylation is 1. The predicted octanol–water partition coefficient (Wildman–Crippen LogP) is 1.02. The van der Waals surface area contributed by atoms with Gasteiger partial charge in [0.25, 0.3) is 0 Å². The molecule has 2 rings (SSSR count). The van der Waals surface area contributed by atoms with Gasteiger partial charge in [-0.3, -0.25) is 4.79 Å². The van der Waals surface area contributed by atoms with E-state index in [9.17, 15) is 4.79 Å². The van der Waals surface area contributed by atoms with Crippen molar-refractivity contribution < 1.29 is 4.79 Å². The van der Waals surface area contributed by atoms with Crippen molar-refractivity contribution in [2.24, 2.45) is 7.05 Å². The molecule has 15 heavy (non-hydrogen) atoms. The Kier molecular flexibility index (Phi) is 3.04. The van der Waals surface area contributed by atoms with Crippen molar-refractivity contribution >= 4 is 5.91 Å². The first kappa shape index (κ1) is 10.2. The van der Waals surface area contributed by atoms with E-state index in [1.165, 1.54) is 12.8 Å². The third-order valence-electron chi connectivity index (χ3n) is 2.96. The van der Waals surface area contributed by atoms with Gasteiger partial charge in [-0.1, -0.05) is 12.8 Å². The van der Waals surface area contributed by atoms with Gasteiger partial charge in [-0.05, 0) is 12.8 Å². The highest BCUT2D eigenvalue weighted by Gasteiger charge is 2.17. The topological polar surface area (TPSA) is 46.9 Å². The van der Waals surface area contributed by atoms with Crippen LogP contribution < -0.4 is 5.32 Å². The Morgan fingerprint density at radius 2 is 2.33 bits per heavy atom. The zero-order chi connectivity index (χ0) is 10.7. The summed E-state index contributed by atoms with van der Waals surface area (Å²) in [5, 5.41) is 3.05. The van der Waals surface area contributed by atoms with E-state index in [1.54, 1.807) is 6.20 Å². The number of imidazole rings is 1. The molecular formula is C11H17N3O. The molecule has 1 aromatic rings. The molecule has 1 amide bonds. The first-order chi connectivity index (χ1) is 7.25. The van der Waals surface area contributed by atoms with Gasteiger partial charge in [-0.25, -0.2) is 4.98 Å². The summed E-state index contributed by atoms with van der Waals surface area (Å²) in [6.07, 6.45) is 8.72. The van der Waals surface area contributed by atoms with Crippen LogP contribution in [0.5, 0.6) is 0 Å². The Morgan fingerprint density at radius 3 is 2.93 bits per heavy atom. The van der Waals surface area contributed by atoms with Crippen LogP contribution in [0, 0.1) is 0 Å². The van der Waals surface area contributed by atoms with E-state index in [0.29, 0.717) is 12.5 Å². The third kappa shape index (κ3) is 2.58. The quantitative estimate of drug-likeness (QED) is 0.804. The molecule has 0 unspecified atom stereocenters. The minimum Gasteiger partial charge on any atom is -0.353 e. The van der Waals surface area contributed by atoms with Crippen molar-refractivity contribution in [3.63, 3.8) is 0 Å². The summed E-state index contributed by atoms with van der Waals surface area (Å²) in [7, 11) is 1.91. The van der Waals surface area contributed by atoms with Gasteiger partial charge in [0.15, 0.2) is 0 Å². The average molecular weight is 207 g/mol. The molecule has 0 bridgehead atoms. The highest BCUT2D eigenvalue weighted by Crippen LogP contribution is 2.17. The zero-order valence-corrected chi connectivity index (χ0v) is 9.07. The number of hydrogen-bond donors (Lipinski definition) is 1. The summed E-state index contributed by atoms with van der Waals surface area (Å²) in [6.45, 7) is 0. The maximum Gasteiger partial charge on any atom is 0.227 e. The molecule has 0 aromatic carbocycles. The lowest BCUT2D eigenvalue weighted by molar-refractivity contribution is -0.121. The minimum absolute atomic E-state index is 0.0937. The number of nitrogens with one attached hydrogen (secondary N) is 1. The smallest absolute Gasteiger partial charge is 0.227 e. The van der Waals surface area contributed by atoms with E-state index >= 15 is 0 Å². The van der Waals surface area contributed by atoms with Crippen LogP contribution in [0.25, 0.3) is 0 Å². The van der Waals surface area contributed by atoms with Gasteiger partial charge in [0.1, 0.15) is 5.82 Å². The molecule has 0 aliphatic heterocycles. The maximum atomic E-state index is 11.7. The number of carbonyl (C=O) groups excluding carboxylic acids is 1. The first-order valence-electron chi connectivity index (χ1n) is 5.51. The molecule has 1 heterocycles. The predicted molar refractivity (Wildman–Crippen MR) is 57.3 cm³/mol. The second kappa shape index (κ2) is 4.47. The van der Waals surface area contributed by atoms with Crippen molar-refractivity contribution in [1.82, 2.24) is 14.9 Å². The van der Waals surface area contributed by atoms with Crippen molar-refractivity contribution in [1.29, 1.82) is 0 Å². The molecule has 82 valence electrons. The van der Waals surface area contributed by atoms with Crippen molar-refractivity contribution in [2.75, 3.05) is 0 Å². The molecule has 1 aliphatic rings. The lowest BCUT2D eigenvalue weighted by Crippen LogP contribution is -2.34. The summed E-state index contributed by atoms with van der Waals surface area (Å²) in [6, 6.07) is 0.401.